The largest absolute Gasteiger partial charge is 0.433 e. The summed E-state index contributed by atoms with van der Waals surface area (Å²) in [6.45, 7) is -1.37. The monoisotopic (exact) mass is 519 g/mol. The van der Waals surface area contributed by atoms with Crippen LogP contribution in [0.15, 0.2) is 30.5 Å². The number of anilines is 1. The van der Waals surface area contributed by atoms with Crippen LogP contribution in [0.4, 0.5) is 32.0 Å². The Labute approximate surface area is 200 Å². The lowest BCUT2D eigenvalue weighted by Gasteiger charge is -2.31. The molecule has 35 heavy (non-hydrogen) atoms. The van der Waals surface area contributed by atoms with Gasteiger partial charge in [-0.05, 0) is 61.4 Å². The molecule has 0 saturated heterocycles. The number of nitrogens with one attached hydrogen (secondary N) is 1. The molecular weight excluding hydrogens is 500 g/mol. The number of pyridine rings is 1. The number of hydrogen-bond acceptors (Lipinski definition) is 4. The van der Waals surface area contributed by atoms with Gasteiger partial charge in [0.05, 0.1) is 5.52 Å². The molecule has 0 spiro atoms. The van der Waals surface area contributed by atoms with Crippen molar-refractivity contribution < 1.29 is 31.1 Å². The highest BCUT2D eigenvalue weighted by molar-refractivity contribution is 6.32. The molecule has 1 aromatic carbocycles. The normalized spacial score (nSPS) is 19.2. The number of carbonyl (C=O) groups excluding carboxylic acids is 1. The zero-order chi connectivity index (χ0) is 25.5. The summed E-state index contributed by atoms with van der Waals surface area (Å²) in [7, 11) is 0. The molecule has 0 unspecified atom stereocenters. The molecule has 1 aliphatic carbocycles. The van der Waals surface area contributed by atoms with E-state index < -0.39 is 30.5 Å². The first-order chi connectivity index (χ1) is 16.3. The number of nitrogens with two attached hydrogens (primary N) is 1. The summed E-state index contributed by atoms with van der Waals surface area (Å²) in [5.41, 5.74) is 5.33. The van der Waals surface area contributed by atoms with Gasteiger partial charge >= 0.3 is 12.4 Å². The average Bonchev–Trinajstić information content (AvgIpc) is 3.20. The Balaban J connectivity index is 1.49. The smallest absolute Gasteiger partial charge is 0.398 e. The lowest BCUT2D eigenvalue weighted by molar-refractivity contribution is -0.143. The van der Waals surface area contributed by atoms with Crippen molar-refractivity contribution in [2.24, 2.45) is 0 Å². The molecule has 0 aliphatic heterocycles. The van der Waals surface area contributed by atoms with Crippen LogP contribution in [0.3, 0.4) is 0 Å². The SMILES string of the molecule is Nc1cc(C(F)(F)F)nc2ccc(Cl)c(C3CCC(NC(=O)c4ccnn4CC(F)(F)F)CC3)c12. The van der Waals surface area contributed by atoms with E-state index in [-0.39, 0.29) is 28.9 Å². The standard InChI is InChI=1S/C22H20ClF6N5O/c23-13-5-6-15-19(14(30)9-17(33-15)22(27,28)29)18(13)11-1-3-12(4-2-11)32-20(35)16-7-8-31-34(16)10-21(24,25)26/h5-9,11-12H,1-4,10H2,(H2,30,33)(H,32,35). The van der Waals surface area contributed by atoms with Crippen molar-refractivity contribution in [3.05, 3.63) is 52.4 Å². The first-order valence-corrected chi connectivity index (χ1v) is 11.1. The number of halogens is 7. The van der Waals surface area contributed by atoms with E-state index >= 15 is 0 Å². The molecule has 0 atom stereocenters. The molecule has 3 aromatic rings. The predicted octanol–water partition coefficient (Wildman–Crippen LogP) is 5.70. The third-order valence-corrected chi connectivity index (χ3v) is 6.36. The van der Waals surface area contributed by atoms with Gasteiger partial charge in [0.15, 0.2) is 0 Å². The van der Waals surface area contributed by atoms with Gasteiger partial charge in [0.25, 0.3) is 5.91 Å². The molecular formula is C22H20ClF6N5O. The quantitative estimate of drug-likeness (QED) is 0.433. The number of amides is 1. The van der Waals surface area contributed by atoms with Gasteiger partial charge in [0.1, 0.15) is 17.9 Å². The number of rotatable bonds is 4. The second-order valence-corrected chi connectivity index (χ2v) is 8.87. The molecule has 1 saturated carbocycles. The maximum atomic E-state index is 13.1. The van der Waals surface area contributed by atoms with Crippen LogP contribution in [0, 0.1) is 0 Å². The van der Waals surface area contributed by atoms with Gasteiger partial charge in [-0.25, -0.2) is 4.98 Å². The second-order valence-electron chi connectivity index (χ2n) is 8.46. The summed E-state index contributed by atoms with van der Waals surface area (Å²) < 4.78 is 78.2. The third-order valence-electron chi connectivity index (χ3n) is 6.03. The highest BCUT2D eigenvalue weighted by atomic mass is 35.5. The molecule has 2 aromatic heterocycles. The van der Waals surface area contributed by atoms with Gasteiger partial charge in [0, 0.05) is 28.3 Å². The Bertz CT molecular complexity index is 1250. The van der Waals surface area contributed by atoms with Crippen molar-refractivity contribution in [1.82, 2.24) is 20.1 Å². The summed E-state index contributed by atoms with van der Waals surface area (Å²) in [5, 5.41) is 7.04. The molecule has 188 valence electrons. The molecule has 2 heterocycles. The van der Waals surface area contributed by atoms with Gasteiger partial charge < -0.3 is 11.1 Å². The topological polar surface area (TPSA) is 85.8 Å². The number of aromatic nitrogens is 3. The fourth-order valence-electron chi connectivity index (χ4n) is 4.51. The summed E-state index contributed by atoms with van der Waals surface area (Å²) in [6.07, 6.45) is -5.99. The number of alkyl halides is 6. The van der Waals surface area contributed by atoms with Crippen molar-refractivity contribution in [1.29, 1.82) is 0 Å². The summed E-state index contributed by atoms with van der Waals surface area (Å²) in [5.74, 6) is -0.803. The molecule has 1 fully saturated rings. The number of hydrogen-bond donors (Lipinski definition) is 2. The van der Waals surface area contributed by atoms with Gasteiger partial charge in [-0.15, -0.1) is 0 Å². The van der Waals surface area contributed by atoms with Crippen LogP contribution in [0.2, 0.25) is 5.02 Å². The van der Waals surface area contributed by atoms with Crippen LogP contribution in [0.25, 0.3) is 10.9 Å². The second kappa shape index (κ2) is 9.21. The minimum atomic E-state index is -4.64. The van der Waals surface area contributed by atoms with E-state index in [1.165, 1.54) is 18.2 Å². The number of benzene rings is 1. The van der Waals surface area contributed by atoms with Crippen LogP contribution < -0.4 is 11.1 Å². The van der Waals surface area contributed by atoms with Crippen molar-refractivity contribution in [3.63, 3.8) is 0 Å². The van der Waals surface area contributed by atoms with Crippen LogP contribution in [0.1, 0.15) is 53.3 Å². The Morgan fingerprint density at radius 1 is 1.11 bits per heavy atom. The van der Waals surface area contributed by atoms with E-state index in [1.807, 2.05) is 0 Å². The molecule has 1 aliphatic rings. The third kappa shape index (κ3) is 5.47. The molecule has 3 N–H and O–H groups in total. The summed E-state index contributed by atoms with van der Waals surface area (Å²) >= 11 is 6.42. The fourth-order valence-corrected chi connectivity index (χ4v) is 4.82. The number of nitrogens with zero attached hydrogens (tertiary/aromatic N) is 3. The van der Waals surface area contributed by atoms with E-state index in [4.69, 9.17) is 17.3 Å². The molecule has 0 radical (unpaired) electrons. The summed E-state index contributed by atoms with van der Waals surface area (Å²) in [6, 6.07) is 4.59. The van der Waals surface area contributed by atoms with Gasteiger partial charge in [-0.2, -0.15) is 31.4 Å². The minimum absolute atomic E-state index is 0.0758. The number of carbonyl (C=O) groups is 1. The zero-order valence-electron chi connectivity index (χ0n) is 18.0. The van der Waals surface area contributed by atoms with Gasteiger partial charge in [-0.1, -0.05) is 11.6 Å². The number of fused-ring (bicyclic) bond motifs is 1. The van der Waals surface area contributed by atoms with Crippen molar-refractivity contribution in [2.45, 2.75) is 56.5 Å². The maximum Gasteiger partial charge on any atom is 0.433 e. The zero-order valence-corrected chi connectivity index (χ0v) is 18.8. The summed E-state index contributed by atoms with van der Waals surface area (Å²) in [4.78, 5) is 16.3. The predicted molar refractivity (Wildman–Crippen MR) is 117 cm³/mol. The molecule has 13 heteroatoms. The molecule has 6 nitrogen and oxygen atoms in total. The van der Waals surface area contributed by atoms with Crippen LogP contribution in [0.5, 0.6) is 0 Å². The Hall–Kier alpha value is -3.02. The minimum Gasteiger partial charge on any atom is -0.398 e. The van der Waals surface area contributed by atoms with E-state index in [0.29, 0.717) is 46.3 Å². The Morgan fingerprint density at radius 3 is 2.43 bits per heavy atom. The molecule has 0 bridgehead atoms. The van der Waals surface area contributed by atoms with Gasteiger partial charge in [0.2, 0.25) is 0 Å². The molecule has 4 rings (SSSR count). The highest BCUT2D eigenvalue weighted by Gasteiger charge is 2.35. The lowest BCUT2D eigenvalue weighted by atomic mass is 9.80. The first kappa shape index (κ1) is 25.1. The Kier molecular flexibility index (Phi) is 6.60. The fraction of sp³-hybridized carbons (Fsp3) is 0.409. The average molecular weight is 520 g/mol. The van der Waals surface area contributed by atoms with Gasteiger partial charge in [-0.3, -0.25) is 9.48 Å². The van der Waals surface area contributed by atoms with Crippen LogP contribution in [-0.2, 0) is 12.7 Å². The van der Waals surface area contributed by atoms with Crippen molar-refractivity contribution >= 4 is 34.1 Å². The maximum absolute atomic E-state index is 13.1. The first-order valence-electron chi connectivity index (χ1n) is 10.7. The van der Waals surface area contributed by atoms with Crippen molar-refractivity contribution in [3.8, 4) is 0 Å². The van der Waals surface area contributed by atoms with Crippen LogP contribution in [-0.4, -0.2) is 32.9 Å². The highest BCUT2D eigenvalue weighted by Crippen LogP contribution is 2.43. The molecule has 1 amide bonds. The Morgan fingerprint density at radius 2 is 1.80 bits per heavy atom. The van der Waals surface area contributed by atoms with E-state index in [1.54, 1.807) is 0 Å². The number of nitrogen functional groups attached to an aromatic ring is 1. The van der Waals surface area contributed by atoms with Crippen LogP contribution >= 0.6 is 11.6 Å². The van der Waals surface area contributed by atoms with E-state index in [9.17, 15) is 31.1 Å². The lowest BCUT2D eigenvalue weighted by Crippen LogP contribution is -2.38. The van der Waals surface area contributed by atoms with E-state index in [0.717, 1.165) is 12.3 Å². The van der Waals surface area contributed by atoms with E-state index in [2.05, 4.69) is 15.4 Å². The van der Waals surface area contributed by atoms with Crippen molar-refractivity contribution in [2.75, 3.05) is 5.73 Å².